The number of rotatable bonds is 8. The van der Waals surface area contributed by atoms with Crippen molar-refractivity contribution in [3.05, 3.63) is 0 Å². The van der Waals surface area contributed by atoms with Gasteiger partial charge in [-0.15, -0.1) is 0 Å². The molecule has 0 saturated heterocycles. The van der Waals surface area contributed by atoms with Crippen LogP contribution in [0, 0.1) is 5.92 Å². The Labute approximate surface area is 99.6 Å². The van der Waals surface area contributed by atoms with E-state index in [0.29, 0.717) is 5.92 Å². The Hall–Kier alpha value is -0.120. The van der Waals surface area contributed by atoms with Crippen molar-refractivity contribution in [1.82, 2.24) is 5.32 Å². The lowest BCUT2D eigenvalue weighted by molar-refractivity contribution is 0.0466. The van der Waals surface area contributed by atoms with Gasteiger partial charge in [-0.25, -0.2) is 0 Å². The van der Waals surface area contributed by atoms with E-state index in [9.17, 15) is 5.11 Å². The molecule has 1 aliphatic carbocycles. The van der Waals surface area contributed by atoms with Crippen molar-refractivity contribution in [2.45, 2.75) is 51.6 Å². The first-order chi connectivity index (χ1) is 7.62. The number of hydrogen-bond acceptors (Lipinski definition) is 3. The summed E-state index contributed by atoms with van der Waals surface area (Å²) in [5.41, 5.74) is -0.418. The smallest absolute Gasteiger partial charge is 0.0771 e. The van der Waals surface area contributed by atoms with Crippen LogP contribution in [-0.2, 0) is 4.74 Å². The third-order valence-corrected chi connectivity index (χ3v) is 3.08. The Morgan fingerprint density at radius 1 is 1.31 bits per heavy atom. The maximum absolute atomic E-state index is 10.1. The molecule has 0 aliphatic heterocycles. The van der Waals surface area contributed by atoms with Gasteiger partial charge in [-0.2, -0.15) is 0 Å². The summed E-state index contributed by atoms with van der Waals surface area (Å²) < 4.78 is 5.49. The van der Waals surface area contributed by atoms with Crippen molar-refractivity contribution in [3.8, 4) is 0 Å². The molecule has 16 heavy (non-hydrogen) atoms. The van der Waals surface area contributed by atoms with Crippen molar-refractivity contribution >= 4 is 0 Å². The number of aliphatic hydroxyl groups is 1. The van der Waals surface area contributed by atoms with Crippen molar-refractivity contribution in [2.75, 3.05) is 26.3 Å². The fourth-order valence-electron chi connectivity index (χ4n) is 2.15. The maximum atomic E-state index is 10.1. The van der Waals surface area contributed by atoms with Gasteiger partial charge in [0.2, 0.25) is 0 Å². The van der Waals surface area contributed by atoms with Crippen LogP contribution in [0.5, 0.6) is 0 Å². The van der Waals surface area contributed by atoms with Crippen molar-refractivity contribution in [3.63, 3.8) is 0 Å². The molecule has 0 radical (unpaired) electrons. The molecule has 0 amide bonds. The molecule has 96 valence electrons. The second kappa shape index (κ2) is 7.25. The molecular weight excluding hydrogens is 202 g/mol. The maximum Gasteiger partial charge on any atom is 0.0771 e. The lowest BCUT2D eigenvalue weighted by Gasteiger charge is -2.22. The molecule has 0 aromatic heterocycles. The lowest BCUT2D eigenvalue weighted by Crippen LogP contribution is -2.38. The van der Waals surface area contributed by atoms with Gasteiger partial charge in [-0.05, 0) is 31.7 Å². The highest BCUT2D eigenvalue weighted by Crippen LogP contribution is 2.28. The zero-order valence-electron chi connectivity index (χ0n) is 10.8. The van der Waals surface area contributed by atoms with Gasteiger partial charge in [-0.1, -0.05) is 26.7 Å². The molecule has 0 aromatic carbocycles. The third-order valence-electron chi connectivity index (χ3n) is 3.08. The summed E-state index contributed by atoms with van der Waals surface area (Å²) in [4.78, 5) is 0. The van der Waals surface area contributed by atoms with Gasteiger partial charge in [0.15, 0.2) is 0 Å². The first-order valence-electron chi connectivity index (χ1n) is 6.63. The van der Waals surface area contributed by atoms with Crippen LogP contribution in [0.3, 0.4) is 0 Å². The standard InChI is InChI=1S/C13H27NO2/c1-12(2)10-16-9-5-8-14-11-13(15)6-3-4-7-13/h12,14-15H,3-11H2,1-2H3. The summed E-state index contributed by atoms with van der Waals surface area (Å²) in [5, 5.41) is 13.4. The first-order valence-corrected chi connectivity index (χ1v) is 6.63. The minimum atomic E-state index is -0.418. The number of ether oxygens (including phenoxy) is 1. The molecule has 0 aromatic rings. The molecule has 0 bridgehead atoms. The van der Waals surface area contributed by atoms with E-state index < -0.39 is 5.60 Å². The normalized spacial score (nSPS) is 19.5. The molecule has 1 aliphatic rings. The zero-order chi connectivity index (χ0) is 11.9. The van der Waals surface area contributed by atoms with Crippen molar-refractivity contribution in [1.29, 1.82) is 0 Å². The highest BCUT2D eigenvalue weighted by Gasteiger charge is 2.30. The number of hydrogen-bond donors (Lipinski definition) is 2. The monoisotopic (exact) mass is 229 g/mol. The molecule has 0 unspecified atom stereocenters. The quantitative estimate of drug-likeness (QED) is 0.625. The SMILES string of the molecule is CC(C)COCCCNCC1(O)CCCC1. The summed E-state index contributed by atoms with van der Waals surface area (Å²) in [6, 6.07) is 0. The molecule has 3 nitrogen and oxygen atoms in total. The summed E-state index contributed by atoms with van der Waals surface area (Å²) in [6.45, 7) is 7.69. The van der Waals surface area contributed by atoms with Crippen LogP contribution in [0.15, 0.2) is 0 Å². The largest absolute Gasteiger partial charge is 0.389 e. The summed E-state index contributed by atoms with van der Waals surface area (Å²) in [5.74, 6) is 0.618. The highest BCUT2D eigenvalue weighted by atomic mass is 16.5. The van der Waals surface area contributed by atoms with Gasteiger partial charge in [0.25, 0.3) is 0 Å². The molecule has 1 fully saturated rings. The van der Waals surface area contributed by atoms with Gasteiger partial charge >= 0.3 is 0 Å². The van der Waals surface area contributed by atoms with Gasteiger partial charge < -0.3 is 15.2 Å². The Balaban J connectivity index is 1.88. The Kier molecular flexibility index (Phi) is 6.32. The van der Waals surface area contributed by atoms with Crippen LogP contribution in [0.2, 0.25) is 0 Å². The minimum absolute atomic E-state index is 0.418. The van der Waals surface area contributed by atoms with Crippen LogP contribution >= 0.6 is 0 Å². The Bertz CT molecular complexity index is 177. The topological polar surface area (TPSA) is 41.5 Å². The van der Waals surface area contributed by atoms with Gasteiger partial charge in [0.1, 0.15) is 0 Å². The van der Waals surface area contributed by atoms with Crippen molar-refractivity contribution < 1.29 is 9.84 Å². The fraction of sp³-hybridized carbons (Fsp3) is 1.00. The lowest BCUT2D eigenvalue weighted by atomic mass is 10.0. The molecule has 3 heteroatoms. The van der Waals surface area contributed by atoms with E-state index in [-0.39, 0.29) is 0 Å². The van der Waals surface area contributed by atoms with E-state index in [2.05, 4.69) is 19.2 Å². The van der Waals surface area contributed by atoms with Gasteiger partial charge in [0.05, 0.1) is 5.60 Å². The molecule has 2 N–H and O–H groups in total. The second-order valence-corrected chi connectivity index (χ2v) is 5.43. The van der Waals surface area contributed by atoms with E-state index in [1.54, 1.807) is 0 Å². The van der Waals surface area contributed by atoms with E-state index in [1.165, 1.54) is 12.8 Å². The van der Waals surface area contributed by atoms with Crippen LogP contribution in [0.1, 0.15) is 46.0 Å². The Morgan fingerprint density at radius 2 is 2.00 bits per heavy atom. The van der Waals surface area contributed by atoms with Gasteiger partial charge in [0, 0.05) is 19.8 Å². The summed E-state index contributed by atoms with van der Waals surface area (Å²) in [6.07, 6.45) is 5.31. The average molecular weight is 229 g/mol. The molecular formula is C13H27NO2. The van der Waals surface area contributed by atoms with Crippen molar-refractivity contribution in [2.24, 2.45) is 5.92 Å². The second-order valence-electron chi connectivity index (χ2n) is 5.43. The highest BCUT2D eigenvalue weighted by molar-refractivity contribution is 4.85. The molecule has 0 spiro atoms. The minimum Gasteiger partial charge on any atom is -0.389 e. The predicted molar refractivity (Wildman–Crippen MR) is 66.6 cm³/mol. The molecule has 1 rings (SSSR count). The molecule has 0 heterocycles. The average Bonchev–Trinajstić information content (AvgIpc) is 2.64. The van der Waals surface area contributed by atoms with Crippen LogP contribution in [0.4, 0.5) is 0 Å². The molecule has 1 saturated carbocycles. The van der Waals surface area contributed by atoms with Crippen LogP contribution in [-0.4, -0.2) is 37.0 Å². The van der Waals surface area contributed by atoms with Crippen LogP contribution in [0.25, 0.3) is 0 Å². The zero-order valence-corrected chi connectivity index (χ0v) is 10.8. The third kappa shape index (κ3) is 5.83. The van der Waals surface area contributed by atoms with E-state index in [4.69, 9.17) is 4.74 Å². The van der Waals surface area contributed by atoms with E-state index >= 15 is 0 Å². The summed E-state index contributed by atoms with van der Waals surface area (Å²) >= 11 is 0. The number of nitrogens with one attached hydrogen (secondary N) is 1. The predicted octanol–water partition coefficient (Wildman–Crippen LogP) is 1.94. The van der Waals surface area contributed by atoms with E-state index in [0.717, 1.165) is 45.6 Å². The Morgan fingerprint density at radius 3 is 2.62 bits per heavy atom. The fourth-order valence-corrected chi connectivity index (χ4v) is 2.15. The van der Waals surface area contributed by atoms with E-state index in [1.807, 2.05) is 0 Å². The summed E-state index contributed by atoms with van der Waals surface area (Å²) in [7, 11) is 0. The molecule has 0 atom stereocenters. The van der Waals surface area contributed by atoms with Gasteiger partial charge in [-0.3, -0.25) is 0 Å². The first kappa shape index (κ1) is 13.9. The van der Waals surface area contributed by atoms with Crippen LogP contribution < -0.4 is 5.32 Å².